The van der Waals surface area contributed by atoms with Crippen LogP contribution in [0.15, 0.2) is 48.0 Å². The van der Waals surface area contributed by atoms with E-state index in [1.165, 1.54) is 15.8 Å². The predicted octanol–water partition coefficient (Wildman–Crippen LogP) is 3.58. The van der Waals surface area contributed by atoms with Gasteiger partial charge in [0.25, 0.3) is 0 Å². The fraction of sp³-hybridized carbons (Fsp3) is 0.133. The monoisotopic (exact) mass is 286 g/mol. The maximum Gasteiger partial charge on any atom is 0.104 e. The lowest BCUT2D eigenvalue weighted by atomic mass is 10.1. The number of nitrogens with zero attached hydrogens (tertiary/aromatic N) is 1. The van der Waals surface area contributed by atoms with Gasteiger partial charge in [-0.1, -0.05) is 18.3 Å². The molecule has 19 heavy (non-hydrogen) atoms. The molecule has 0 spiro atoms. The Morgan fingerprint density at radius 3 is 2.89 bits per heavy atom. The molecule has 0 amide bonds. The van der Waals surface area contributed by atoms with Crippen molar-refractivity contribution < 1.29 is 0 Å². The predicted molar refractivity (Wildman–Crippen MR) is 85.8 cm³/mol. The lowest BCUT2D eigenvalue weighted by Crippen LogP contribution is -2.08. The van der Waals surface area contributed by atoms with Gasteiger partial charge in [0, 0.05) is 34.1 Å². The molecule has 3 aromatic rings. The van der Waals surface area contributed by atoms with E-state index < -0.39 is 0 Å². The van der Waals surface area contributed by atoms with Crippen LogP contribution in [0.25, 0.3) is 10.9 Å². The van der Waals surface area contributed by atoms with Crippen molar-refractivity contribution in [2.75, 3.05) is 0 Å². The van der Waals surface area contributed by atoms with E-state index in [2.05, 4.69) is 46.5 Å². The third-order valence-electron chi connectivity index (χ3n) is 3.23. The molecule has 2 N–H and O–H groups in total. The van der Waals surface area contributed by atoms with Crippen molar-refractivity contribution in [3.8, 4) is 0 Å². The van der Waals surface area contributed by atoms with Crippen molar-refractivity contribution in [2.45, 2.75) is 13.0 Å². The van der Waals surface area contributed by atoms with Crippen LogP contribution in [0.2, 0.25) is 0 Å². The quantitative estimate of drug-likeness (QED) is 0.743. The fourth-order valence-electron chi connectivity index (χ4n) is 2.23. The van der Waals surface area contributed by atoms with Crippen molar-refractivity contribution in [1.82, 2.24) is 4.57 Å². The van der Waals surface area contributed by atoms with E-state index in [1.54, 1.807) is 0 Å². The highest BCUT2D eigenvalue weighted by Gasteiger charge is 2.04. The summed E-state index contributed by atoms with van der Waals surface area (Å²) in [6.45, 7) is 0.996. The van der Waals surface area contributed by atoms with Crippen LogP contribution in [0.5, 0.6) is 0 Å². The normalized spacial score (nSPS) is 10.9. The zero-order valence-corrected chi connectivity index (χ0v) is 12.0. The van der Waals surface area contributed by atoms with Gasteiger partial charge in [0.1, 0.15) is 4.99 Å². The maximum absolute atomic E-state index is 5.66. The third-order valence-corrected chi connectivity index (χ3v) is 4.41. The van der Waals surface area contributed by atoms with Gasteiger partial charge in [-0.3, -0.25) is 0 Å². The van der Waals surface area contributed by atoms with Gasteiger partial charge in [0.05, 0.1) is 0 Å². The molecule has 4 heteroatoms. The van der Waals surface area contributed by atoms with Gasteiger partial charge in [0.2, 0.25) is 0 Å². The second kappa shape index (κ2) is 5.15. The zero-order valence-electron chi connectivity index (χ0n) is 10.4. The van der Waals surface area contributed by atoms with Crippen molar-refractivity contribution in [1.29, 1.82) is 0 Å². The minimum absolute atomic E-state index is 0.452. The van der Waals surface area contributed by atoms with Crippen molar-refractivity contribution >= 4 is 39.4 Å². The van der Waals surface area contributed by atoms with Crippen molar-refractivity contribution in [3.05, 3.63) is 58.4 Å². The number of thiophene rings is 1. The number of fused-ring (bicyclic) bond motifs is 1. The minimum atomic E-state index is 0.452. The number of aromatic nitrogens is 1. The van der Waals surface area contributed by atoms with Crippen LogP contribution in [0.3, 0.4) is 0 Å². The molecule has 96 valence electrons. The molecule has 0 aliphatic heterocycles. The van der Waals surface area contributed by atoms with Crippen LogP contribution in [-0.2, 0) is 13.0 Å². The van der Waals surface area contributed by atoms with Crippen LogP contribution in [0, 0.1) is 0 Å². The summed E-state index contributed by atoms with van der Waals surface area (Å²) in [6.07, 6.45) is 3.19. The summed E-state index contributed by atoms with van der Waals surface area (Å²) in [5.74, 6) is 0. The zero-order chi connectivity index (χ0) is 13.2. The maximum atomic E-state index is 5.66. The van der Waals surface area contributed by atoms with E-state index in [0.717, 1.165) is 18.5 Å². The van der Waals surface area contributed by atoms with Crippen LogP contribution in [-0.4, -0.2) is 9.56 Å². The lowest BCUT2D eigenvalue weighted by molar-refractivity contribution is 0.730. The molecule has 0 aliphatic carbocycles. The molecular formula is C15H14N2S2. The first-order chi connectivity index (χ1) is 9.24. The number of benzene rings is 1. The first-order valence-corrected chi connectivity index (χ1v) is 7.44. The van der Waals surface area contributed by atoms with E-state index in [4.69, 9.17) is 18.0 Å². The summed E-state index contributed by atoms with van der Waals surface area (Å²) in [5, 5.41) is 3.31. The molecule has 2 aromatic heterocycles. The average molecular weight is 286 g/mol. The number of hydrogen-bond donors (Lipinski definition) is 1. The summed E-state index contributed by atoms with van der Waals surface area (Å²) in [6, 6.07) is 12.5. The molecule has 0 unspecified atom stereocenters. The minimum Gasteiger partial charge on any atom is -0.389 e. The summed E-state index contributed by atoms with van der Waals surface area (Å²) in [4.78, 5) is 1.87. The van der Waals surface area contributed by atoms with Crippen LogP contribution in [0.4, 0.5) is 0 Å². The smallest absolute Gasteiger partial charge is 0.104 e. The Kier molecular flexibility index (Phi) is 3.36. The number of aryl methyl sites for hydroxylation is 2. The topological polar surface area (TPSA) is 30.9 Å². The standard InChI is InChI=1S/C15H14N2S2/c16-15(18)12-3-4-14-11(10-12)5-7-17(14)8-6-13-2-1-9-19-13/h1-5,7,9-10H,6,8H2,(H2,16,18). The summed E-state index contributed by atoms with van der Waals surface area (Å²) < 4.78 is 2.28. The van der Waals surface area contributed by atoms with Gasteiger partial charge in [-0.2, -0.15) is 0 Å². The van der Waals surface area contributed by atoms with E-state index in [1.807, 2.05) is 17.4 Å². The van der Waals surface area contributed by atoms with Crippen LogP contribution >= 0.6 is 23.6 Å². The highest BCUT2D eigenvalue weighted by Crippen LogP contribution is 2.19. The summed E-state index contributed by atoms with van der Waals surface area (Å²) >= 11 is 6.82. The molecule has 0 bridgehead atoms. The molecule has 0 atom stereocenters. The Labute approximate surface area is 121 Å². The number of hydrogen-bond acceptors (Lipinski definition) is 2. The van der Waals surface area contributed by atoms with Gasteiger partial charge in [-0.15, -0.1) is 11.3 Å². The SMILES string of the molecule is NC(=S)c1ccc2c(ccn2CCc2cccs2)c1. The van der Waals surface area contributed by atoms with E-state index in [9.17, 15) is 0 Å². The number of rotatable bonds is 4. The Morgan fingerprint density at radius 1 is 1.26 bits per heavy atom. The van der Waals surface area contributed by atoms with E-state index in [0.29, 0.717) is 4.99 Å². The van der Waals surface area contributed by atoms with Gasteiger partial charge in [-0.25, -0.2) is 0 Å². The first-order valence-electron chi connectivity index (χ1n) is 6.15. The highest BCUT2D eigenvalue weighted by atomic mass is 32.1. The van der Waals surface area contributed by atoms with E-state index >= 15 is 0 Å². The van der Waals surface area contributed by atoms with Crippen molar-refractivity contribution in [3.63, 3.8) is 0 Å². The Hall–Kier alpha value is -1.65. The van der Waals surface area contributed by atoms with Gasteiger partial charge in [-0.05, 0) is 42.1 Å². The van der Waals surface area contributed by atoms with E-state index in [-0.39, 0.29) is 0 Å². The average Bonchev–Trinajstić information content (AvgIpc) is 3.05. The van der Waals surface area contributed by atoms with Crippen molar-refractivity contribution in [2.24, 2.45) is 5.73 Å². The number of thiocarbonyl (C=S) groups is 1. The second-order valence-electron chi connectivity index (χ2n) is 4.48. The molecule has 3 rings (SSSR count). The third kappa shape index (κ3) is 2.55. The fourth-order valence-corrected chi connectivity index (χ4v) is 3.06. The molecule has 1 aromatic carbocycles. The van der Waals surface area contributed by atoms with Gasteiger partial charge in [0.15, 0.2) is 0 Å². The molecule has 0 saturated carbocycles. The Balaban J connectivity index is 1.86. The van der Waals surface area contributed by atoms with Gasteiger partial charge >= 0.3 is 0 Å². The largest absolute Gasteiger partial charge is 0.389 e. The summed E-state index contributed by atoms with van der Waals surface area (Å²) in [5.41, 5.74) is 7.82. The lowest BCUT2D eigenvalue weighted by Gasteiger charge is -2.05. The first kappa shape index (κ1) is 12.4. The van der Waals surface area contributed by atoms with Crippen LogP contribution < -0.4 is 5.73 Å². The molecule has 0 radical (unpaired) electrons. The highest BCUT2D eigenvalue weighted by molar-refractivity contribution is 7.80. The Morgan fingerprint density at radius 2 is 2.16 bits per heavy atom. The molecule has 0 saturated heterocycles. The number of nitrogens with two attached hydrogens (primary N) is 1. The molecular weight excluding hydrogens is 272 g/mol. The molecule has 0 fully saturated rings. The molecule has 0 aliphatic rings. The van der Waals surface area contributed by atoms with Gasteiger partial charge < -0.3 is 10.3 Å². The molecule has 2 nitrogen and oxygen atoms in total. The molecule has 2 heterocycles. The van der Waals surface area contributed by atoms with Crippen LogP contribution in [0.1, 0.15) is 10.4 Å². The Bertz CT molecular complexity index is 711. The second-order valence-corrected chi connectivity index (χ2v) is 5.95. The summed E-state index contributed by atoms with van der Waals surface area (Å²) in [7, 11) is 0.